The van der Waals surface area contributed by atoms with Crippen LogP contribution in [0.15, 0.2) is 34.7 Å². The molecule has 0 aliphatic heterocycles. The van der Waals surface area contributed by atoms with Crippen molar-refractivity contribution in [2.75, 3.05) is 5.32 Å². The number of hydrogen-bond acceptors (Lipinski definition) is 4. The molecule has 1 atom stereocenters. The molecule has 2 heterocycles. The fourth-order valence-electron chi connectivity index (χ4n) is 2.15. The molecule has 3 rings (SSSR count). The van der Waals surface area contributed by atoms with Gasteiger partial charge in [-0.1, -0.05) is 32.0 Å². The quantitative estimate of drug-likeness (QED) is 0.773. The number of fused-ring (bicyclic) bond motifs is 1. The lowest BCUT2D eigenvalue weighted by Crippen LogP contribution is -2.19. The number of furan rings is 1. The summed E-state index contributed by atoms with van der Waals surface area (Å²) in [7, 11) is 0. The van der Waals surface area contributed by atoms with Crippen molar-refractivity contribution in [2.45, 2.75) is 32.6 Å². The highest BCUT2D eigenvalue weighted by Crippen LogP contribution is 2.25. The number of nitrogens with one attached hydrogen (secondary N) is 2. The van der Waals surface area contributed by atoms with E-state index in [1.807, 2.05) is 44.2 Å². The average molecular weight is 298 g/mol. The molecule has 3 aromatic rings. The van der Waals surface area contributed by atoms with Gasteiger partial charge in [0, 0.05) is 11.3 Å². The third-order valence-corrected chi connectivity index (χ3v) is 3.55. The highest BCUT2D eigenvalue weighted by atomic mass is 16.3. The lowest BCUT2D eigenvalue weighted by molar-refractivity contribution is -0.117. The maximum atomic E-state index is 12.3. The Morgan fingerprint density at radius 3 is 2.73 bits per heavy atom. The summed E-state index contributed by atoms with van der Waals surface area (Å²) < 4.78 is 5.72. The van der Waals surface area contributed by atoms with Crippen LogP contribution in [0.2, 0.25) is 0 Å². The van der Waals surface area contributed by atoms with E-state index in [1.165, 1.54) is 0 Å². The Kier molecular flexibility index (Phi) is 3.66. The van der Waals surface area contributed by atoms with Gasteiger partial charge in [-0.15, -0.1) is 5.10 Å². The maximum absolute atomic E-state index is 12.3. The van der Waals surface area contributed by atoms with E-state index in [4.69, 9.17) is 4.42 Å². The molecule has 0 fully saturated rings. The number of H-pyrrole nitrogens is 1. The van der Waals surface area contributed by atoms with Crippen molar-refractivity contribution in [1.29, 1.82) is 0 Å². The van der Waals surface area contributed by atoms with E-state index >= 15 is 0 Å². The molecule has 0 aliphatic carbocycles. The molecule has 22 heavy (non-hydrogen) atoms. The predicted octanol–water partition coefficient (Wildman–Crippen LogP) is 3.42. The van der Waals surface area contributed by atoms with Crippen LogP contribution in [-0.4, -0.2) is 21.1 Å². The number of nitrogens with zero attached hydrogens (tertiary/aromatic N) is 2. The van der Waals surface area contributed by atoms with Crippen LogP contribution in [0, 0.1) is 0 Å². The highest BCUT2D eigenvalue weighted by molar-refractivity contribution is 5.94. The summed E-state index contributed by atoms with van der Waals surface area (Å²) >= 11 is 0. The summed E-state index contributed by atoms with van der Waals surface area (Å²) in [6, 6.07) is 9.57. The second-order valence-electron chi connectivity index (χ2n) is 5.60. The number of aromatic amines is 1. The first-order chi connectivity index (χ1) is 10.5. The fraction of sp³-hybridized carbons (Fsp3) is 0.312. The summed E-state index contributed by atoms with van der Waals surface area (Å²) in [6.45, 7) is 5.80. The summed E-state index contributed by atoms with van der Waals surface area (Å²) in [4.78, 5) is 16.5. The van der Waals surface area contributed by atoms with Crippen molar-refractivity contribution < 1.29 is 9.21 Å². The van der Waals surface area contributed by atoms with E-state index in [0.717, 1.165) is 16.8 Å². The number of hydrogen-bond donors (Lipinski definition) is 2. The van der Waals surface area contributed by atoms with Gasteiger partial charge in [-0.3, -0.25) is 15.2 Å². The van der Waals surface area contributed by atoms with Crippen LogP contribution < -0.4 is 5.32 Å². The van der Waals surface area contributed by atoms with Gasteiger partial charge < -0.3 is 4.42 Å². The third-order valence-electron chi connectivity index (χ3n) is 3.55. The molecule has 1 amide bonds. The molecular formula is C16H18N4O2. The Morgan fingerprint density at radius 1 is 1.27 bits per heavy atom. The van der Waals surface area contributed by atoms with Crippen LogP contribution >= 0.6 is 0 Å². The first-order valence-corrected chi connectivity index (χ1v) is 7.26. The van der Waals surface area contributed by atoms with Gasteiger partial charge >= 0.3 is 0 Å². The number of carbonyl (C=O) groups is 1. The van der Waals surface area contributed by atoms with Gasteiger partial charge in [-0.05, 0) is 19.1 Å². The normalized spacial score (nSPS) is 12.7. The van der Waals surface area contributed by atoms with Crippen LogP contribution in [0.25, 0.3) is 11.0 Å². The Bertz CT molecular complexity index is 770. The van der Waals surface area contributed by atoms with Gasteiger partial charge in [-0.2, -0.15) is 4.98 Å². The van der Waals surface area contributed by atoms with E-state index in [9.17, 15) is 4.79 Å². The largest absolute Gasteiger partial charge is 0.460 e. The topological polar surface area (TPSA) is 83.8 Å². The highest BCUT2D eigenvalue weighted by Gasteiger charge is 2.21. The van der Waals surface area contributed by atoms with Crippen molar-refractivity contribution in [1.82, 2.24) is 15.2 Å². The smallest absolute Gasteiger partial charge is 0.248 e. The summed E-state index contributed by atoms with van der Waals surface area (Å²) in [5.41, 5.74) is 0.775. The number of para-hydroxylation sites is 1. The van der Waals surface area contributed by atoms with Gasteiger partial charge in [0.15, 0.2) is 0 Å². The molecule has 0 saturated carbocycles. The molecule has 6 heteroatoms. The number of aromatic nitrogens is 3. The molecule has 0 bridgehead atoms. The van der Waals surface area contributed by atoms with E-state index < -0.39 is 5.92 Å². The summed E-state index contributed by atoms with van der Waals surface area (Å²) in [5, 5.41) is 10.5. The van der Waals surface area contributed by atoms with E-state index in [0.29, 0.717) is 5.76 Å². The average Bonchev–Trinajstić information content (AvgIpc) is 3.12. The minimum Gasteiger partial charge on any atom is -0.460 e. The van der Waals surface area contributed by atoms with Gasteiger partial charge in [0.25, 0.3) is 0 Å². The second-order valence-corrected chi connectivity index (χ2v) is 5.60. The number of anilines is 1. The van der Waals surface area contributed by atoms with Gasteiger partial charge in [0.1, 0.15) is 17.2 Å². The molecule has 0 aliphatic rings. The van der Waals surface area contributed by atoms with Gasteiger partial charge in [-0.25, -0.2) is 0 Å². The molecule has 0 spiro atoms. The minimum absolute atomic E-state index is 0.201. The zero-order chi connectivity index (χ0) is 15.7. The minimum atomic E-state index is -0.423. The second kappa shape index (κ2) is 5.63. The number of benzene rings is 1. The first kappa shape index (κ1) is 14.3. The fourth-order valence-corrected chi connectivity index (χ4v) is 2.15. The molecular weight excluding hydrogens is 280 g/mol. The molecule has 1 aromatic carbocycles. The van der Waals surface area contributed by atoms with Gasteiger partial charge in [0.05, 0.1) is 5.92 Å². The Hall–Kier alpha value is -2.63. The Morgan fingerprint density at radius 2 is 2.05 bits per heavy atom. The summed E-state index contributed by atoms with van der Waals surface area (Å²) in [6.07, 6.45) is 0. The van der Waals surface area contributed by atoms with Gasteiger partial charge in [0.2, 0.25) is 11.9 Å². The van der Waals surface area contributed by atoms with Crippen LogP contribution in [-0.2, 0) is 4.79 Å². The lowest BCUT2D eigenvalue weighted by Gasteiger charge is -2.06. The predicted molar refractivity (Wildman–Crippen MR) is 83.7 cm³/mol. The van der Waals surface area contributed by atoms with Crippen LogP contribution in [0.3, 0.4) is 0 Å². The molecule has 2 aromatic heterocycles. The number of amides is 1. The maximum Gasteiger partial charge on any atom is 0.248 e. The Labute approximate surface area is 127 Å². The standard InChI is InChI=1S/C16H18N4O2/c1-9(2)14-17-16(20-19-14)18-15(21)10(3)13-8-11-6-4-5-7-12(11)22-13/h4-10H,1-3H3,(H2,17,18,19,20,21). The van der Waals surface area contributed by atoms with Crippen LogP contribution in [0.5, 0.6) is 0 Å². The van der Waals surface area contributed by atoms with Crippen molar-refractivity contribution in [3.8, 4) is 0 Å². The number of rotatable bonds is 4. The summed E-state index contributed by atoms with van der Waals surface area (Å²) in [5.74, 6) is 1.26. The van der Waals surface area contributed by atoms with Crippen LogP contribution in [0.1, 0.15) is 44.2 Å². The van der Waals surface area contributed by atoms with Crippen molar-refractivity contribution >= 4 is 22.8 Å². The van der Waals surface area contributed by atoms with Crippen molar-refractivity contribution in [3.63, 3.8) is 0 Å². The monoisotopic (exact) mass is 298 g/mol. The zero-order valence-electron chi connectivity index (χ0n) is 12.8. The third kappa shape index (κ3) is 2.72. The zero-order valence-corrected chi connectivity index (χ0v) is 12.8. The van der Waals surface area contributed by atoms with E-state index in [1.54, 1.807) is 6.92 Å². The molecule has 2 N–H and O–H groups in total. The van der Waals surface area contributed by atoms with E-state index in [2.05, 4.69) is 20.5 Å². The molecule has 6 nitrogen and oxygen atoms in total. The lowest BCUT2D eigenvalue weighted by atomic mass is 10.1. The Balaban J connectivity index is 1.75. The van der Waals surface area contributed by atoms with Crippen molar-refractivity contribution in [3.05, 3.63) is 41.9 Å². The molecule has 114 valence electrons. The number of carbonyl (C=O) groups excluding carboxylic acids is 1. The van der Waals surface area contributed by atoms with E-state index in [-0.39, 0.29) is 17.8 Å². The molecule has 0 saturated heterocycles. The molecule has 0 radical (unpaired) electrons. The van der Waals surface area contributed by atoms with Crippen LogP contribution in [0.4, 0.5) is 5.95 Å². The SMILES string of the molecule is CC(C)c1nc(NC(=O)C(C)c2cc3ccccc3o2)n[nH]1. The molecule has 1 unspecified atom stereocenters. The van der Waals surface area contributed by atoms with Crippen molar-refractivity contribution in [2.24, 2.45) is 0 Å². The first-order valence-electron chi connectivity index (χ1n) is 7.26.